The van der Waals surface area contributed by atoms with E-state index in [-0.39, 0.29) is 5.82 Å². The van der Waals surface area contributed by atoms with Crippen LogP contribution >= 0.6 is 27.7 Å². The minimum absolute atomic E-state index is 0.177. The summed E-state index contributed by atoms with van der Waals surface area (Å²) in [6.45, 7) is 4.13. The molecule has 28 heavy (non-hydrogen) atoms. The molecule has 0 aliphatic carbocycles. The number of aryl methyl sites for hydroxylation is 2. The maximum atomic E-state index is 11.6. The number of halogens is 1. The summed E-state index contributed by atoms with van der Waals surface area (Å²) in [7, 11) is 0. The van der Waals surface area contributed by atoms with Gasteiger partial charge in [0.1, 0.15) is 0 Å². The van der Waals surface area contributed by atoms with Crippen LogP contribution in [0.15, 0.2) is 51.1 Å². The molecule has 0 fully saturated rings. The molecule has 0 unspecified atom stereocenters. The fourth-order valence-electron chi connectivity index (χ4n) is 2.83. The van der Waals surface area contributed by atoms with Crippen LogP contribution in [-0.2, 0) is 6.54 Å². The highest BCUT2D eigenvalue weighted by Gasteiger charge is 2.27. The number of aromatic amines is 1. The first-order chi connectivity index (χ1) is 13.4. The van der Waals surface area contributed by atoms with Crippen molar-refractivity contribution in [2.24, 2.45) is 0 Å². The molecular formula is C18H15BrN6O2S. The zero-order valence-electron chi connectivity index (χ0n) is 15.0. The number of H-pyrrole nitrogens is 1. The third-order valence-electron chi connectivity index (χ3n) is 4.22. The molecule has 4 rings (SSSR count). The zero-order valence-corrected chi connectivity index (χ0v) is 17.4. The van der Waals surface area contributed by atoms with E-state index in [1.165, 1.54) is 11.8 Å². The molecule has 0 saturated heterocycles. The molecule has 3 heterocycles. The van der Waals surface area contributed by atoms with E-state index in [1.54, 1.807) is 6.92 Å². The van der Waals surface area contributed by atoms with Crippen LogP contribution in [0.4, 0.5) is 5.82 Å². The van der Waals surface area contributed by atoms with Gasteiger partial charge in [-0.2, -0.15) is 0 Å². The highest BCUT2D eigenvalue weighted by molar-refractivity contribution is 9.10. The summed E-state index contributed by atoms with van der Waals surface area (Å²) in [6.07, 6.45) is 0. The molecule has 10 heteroatoms. The van der Waals surface area contributed by atoms with Crippen molar-refractivity contribution in [3.63, 3.8) is 0 Å². The van der Waals surface area contributed by atoms with Crippen LogP contribution in [0.25, 0.3) is 11.2 Å². The van der Waals surface area contributed by atoms with Crippen molar-refractivity contribution in [2.75, 3.05) is 0 Å². The summed E-state index contributed by atoms with van der Waals surface area (Å²) < 4.78 is 2.70. The van der Waals surface area contributed by atoms with Crippen LogP contribution < -0.4 is 0 Å². The molecule has 142 valence electrons. The van der Waals surface area contributed by atoms with Crippen molar-refractivity contribution in [1.82, 2.24) is 24.5 Å². The van der Waals surface area contributed by atoms with Gasteiger partial charge in [0.25, 0.3) is 0 Å². The first-order valence-electron chi connectivity index (χ1n) is 8.38. The number of nitro groups is 1. The molecule has 0 spiro atoms. The van der Waals surface area contributed by atoms with Crippen LogP contribution in [0.3, 0.4) is 0 Å². The fourth-order valence-corrected chi connectivity index (χ4v) is 4.14. The number of nitrogens with zero attached hydrogens (tertiary/aromatic N) is 5. The molecule has 0 radical (unpaired) electrons. The molecule has 0 aliphatic heterocycles. The molecule has 8 nitrogen and oxygen atoms in total. The third kappa shape index (κ3) is 3.52. The Labute approximate surface area is 172 Å². The van der Waals surface area contributed by atoms with E-state index < -0.39 is 4.92 Å². The number of aromatic nitrogens is 5. The Hall–Kier alpha value is -2.72. The number of nitrogens with one attached hydrogen (secondary N) is 1. The minimum atomic E-state index is -0.460. The fraction of sp³-hybridized carbons (Fsp3) is 0.167. The smallest absolute Gasteiger partial charge is 0.358 e. The quantitative estimate of drug-likeness (QED) is 0.345. The number of benzene rings is 1. The largest absolute Gasteiger partial charge is 0.396 e. The Kier molecular flexibility index (Phi) is 4.90. The maximum Gasteiger partial charge on any atom is 0.396 e. The average Bonchev–Trinajstić information content (AvgIpc) is 3.18. The summed E-state index contributed by atoms with van der Waals surface area (Å²) in [4.78, 5) is 27.3. The Morgan fingerprint density at radius 1 is 1.21 bits per heavy atom. The normalized spacial score (nSPS) is 11.2. The van der Waals surface area contributed by atoms with E-state index >= 15 is 0 Å². The minimum Gasteiger partial charge on any atom is -0.358 e. The number of hydrogen-bond acceptors (Lipinski definition) is 6. The van der Waals surface area contributed by atoms with Gasteiger partial charge >= 0.3 is 5.82 Å². The number of hydrogen-bond donors (Lipinski definition) is 1. The maximum absolute atomic E-state index is 11.6. The van der Waals surface area contributed by atoms with Gasteiger partial charge in [0.2, 0.25) is 5.82 Å². The molecule has 1 aromatic carbocycles. The van der Waals surface area contributed by atoms with Crippen LogP contribution in [0.1, 0.15) is 17.1 Å². The van der Waals surface area contributed by atoms with Crippen molar-refractivity contribution < 1.29 is 4.92 Å². The predicted molar refractivity (Wildman–Crippen MR) is 110 cm³/mol. The summed E-state index contributed by atoms with van der Waals surface area (Å²) in [5.41, 5.74) is 3.18. The van der Waals surface area contributed by atoms with E-state index in [1.807, 2.05) is 47.9 Å². The first kappa shape index (κ1) is 18.6. The Morgan fingerprint density at radius 2 is 1.96 bits per heavy atom. The van der Waals surface area contributed by atoms with Crippen molar-refractivity contribution in [3.05, 3.63) is 68.1 Å². The highest BCUT2D eigenvalue weighted by atomic mass is 79.9. The van der Waals surface area contributed by atoms with E-state index in [4.69, 9.17) is 0 Å². The Bertz CT molecular complexity index is 1150. The van der Waals surface area contributed by atoms with Gasteiger partial charge in [0, 0.05) is 11.4 Å². The van der Waals surface area contributed by atoms with Gasteiger partial charge in [-0.25, -0.2) is 9.97 Å². The summed E-state index contributed by atoms with van der Waals surface area (Å²) in [5.74, 6) is 0.398. The SMILES string of the molecule is Cc1nc2nc(Sc3c([N+](=O)[O-])nc(C)n3Cc3ccccc3)[nH]c2cc1Br. The van der Waals surface area contributed by atoms with E-state index in [0.717, 1.165) is 21.2 Å². The van der Waals surface area contributed by atoms with Gasteiger partial charge in [-0.05, 0) is 56.2 Å². The summed E-state index contributed by atoms with van der Waals surface area (Å²) in [6, 6.07) is 11.7. The predicted octanol–water partition coefficient (Wildman–Crippen LogP) is 4.64. The van der Waals surface area contributed by atoms with Crippen molar-refractivity contribution >= 4 is 44.7 Å². The Balaban J connectivity index is 1.76. The van der Waals surface area contributed by atoms with Crippen LogP contribution in [-0.4, -0.2) is 29.4 Å². The van der Waals surface area contributed by atoms with Gasteiger partial charge in [-0.3, -0.25) is 4.57 Å². The topological polar surface area (TPSA) is 103 Å². The van der Waals surface area contributed by atoms with Crippen LogP contribution in [0.5, 0.6) is 0 Å². The second-order valence-corrected chi connectivity index (χ2v) is 8.02. The van der Waals surface area contributed by atoms with Gasteiger partial charge in [-0.15, -0.1) is 0 Å². The first-order valence-corrected chi connectivity index (χ1v) is 9.99. The lowest BCUT2D eigenvalue weighted by molar-refractivity contribution is -0.392. The molecule has 0 bridgehead atoms. The summed E-state index contributed by atoms with van der Waals surface area (Å²) in [5, 5.41) is 12.5. The van der Waals surface area contributed by atoms with Crippen molar-refractivity contribution in [2.45, 2.75) is 30.6 Å². The van der Waals surface area contributed by atoms with Gasteiger partial charge < -0.3 is 15.1 Å². The number of rotatable bonds is 5. The second-order valence-electron chi connectivity index (χ2n) is 6.19. The molecule has 1 N–H and O–H groups in total. The lowest BCUT2D eigenvalue weighted by Crippen LogP contribution is -2.04. The van der Waals surface area contributed by atoms with Crippen LogP contribution in [0, 0.1) is 24.0 Å². The standard InChI is InChI=1S/C18H15BrN6O2S/c1-10-13(19)8-14-15(20-10)23-18(22-14)28-17-16(25(26)27)21-11(2)24(17)9-12-6-4-3-5-7-12/h3-8H,9H2,1-2H3,(H,20,22,23). The van der Waals surface area contributed by atoms with E-state index in [0.29, 0.717) is 28.2 Å². The Morgan fingerprint density at radius 3 is 2.68 bits per heavy atom. The van der Waals surface area contributed by atoms with E-state index in [9.17, 15) is 10.1 Å². The number of imidazole rings is 2. The monoisotopic (exact) mass is 458 g/mol. The molecule has 0 aliphatic rings. The highest BCUT2D eigenvalue weighted by Crippen LogP contribution is 2.35. The molecule has 3 aromatic heterocycles. The molecule has 0 amide bonds. The third-order valence-corrected chi connectivity index (χ3v) is 6.01. The van der Waals surface area contributed by atoms with Crippen LogP contribution in [0.2, 0.25) is 0 Å². The second kappa shape index (κ2) is 7.36. The number of fused-ring (bicyclic) bond motifs is 1. The molecule has 0 saturated carbocycles. The lowest BCUT2D eigenvalue weighted by Gasteiger charge is -2.07. The average molecular weight is 459 g/mol. The van der Waals surface area contributed by atoms with Gasteiger partial charge in [0.05, 0.1) is 17.8 Å². The number of pyridine rings is 1. The van der Waals surface area contributed by atoms with E-state index in [2.05, 4.69) is 35.9 Å². The molecule has 0 atom stereocenters. The summed E-state index contributed by atoms with van der Waals surface area (Å²) >= 11 is 4.64. The van der Waals surface area contributed by atoms with Gasteiger partial charge in [0.15, 0.2) is 15.8 Å². The zero-order chi connectivity index (χ0) is 19.8. The molecule has 4 aromatic rings. The van der Waals surface area contributed by atoms with Crippen molar-refractivity contribution in [1.29, 1.82) is 0 Å². The van der Waals surface area contributed by atoms with Crippen molar-refractivity contribution in [3.8, 4) is 0 Å². The molecular weight excluding hydrogens is 444 g/mol. The van der Waals surface area contributed by atoms with Gasteiger partial charge in [-0.1, -0.05) is 30.3 Å². The lowest BCUT2D eigenvalue weighted by atomic mass is 10.2.